The fourth-order valence-electron chi connectivity index (χ4n) is 1.93. The van der Waals surface area contributed by atoms with Gasteiger partial charge in [-0.25, -0.2) is 0 Å². The summed E-state index contributed by atoms with van der Waals surface area (Å²) in [6, 6.07) is 15.4. The van der Waals surface area contributed by atoms with Gasteiger partial charge >= 0.3 is 0 Å². The average Bonchev–Trinajstić information content (AvgIpc) is 2.33. The zero-order valence-corrected chi connectivity index (χ0v) is 10.8. The summed E-state index contributed by atoms with van der Waals surface area (Å²) in [5, 5.41) is 5.41. The molecule has 0 atom stereocenters. The van der Waals surface area contributed by atoms with Gasteiger partial charge in [0.25, 0.3) is 0 Å². The molecule has 0 saturated heterocycles. The Bertz CT molecular complexity index is 732. The molecule has 0 aliphatic heterocycles. The Kier molecular flexibility index (Phi) is 2.67. The number of rotatable bonds is 0. The quantitative estimate of drug-likeness (QED) is 0.473. The van der Waals surface area contributed by atoms with Crippen molar-refractivity contribution in [3.63, 3.8) is 0 Å². The summed E-state index contributed by atoms with van der Waals surface area (Å²) in [7, 11) is 0. The smallest absolute Gasteiger partial charge is 0.0683 e. The maximum Gasteiger partial charge on any atom is 0.0683 e. The van der Waals surface area contributed by atoms with E-state index < -0.39 is 0 Å². The molecule has 0 bridgehead atoms. The van der Waals surface area contributed by atoms with Crippen LogP contribution in [0.4, 0.5) is 0 Å². The second kappa shape index (κ2) is 4.06. The second-order valence-electron chi connectivity index (χ2n) is 3.73. The molecule has 3 aromatic carbocycles. The largest absolute Gasteiger partial charge is 0.0836 e. The lowest BCUT2D eigenvalue weighted by Crippen LogP contribution is -1.81. The van der Waals surface area contributed by atoms with Gasteiger partial charge in [0, 0.05) is 22.5 Å². The van der Waals surface area contributed by atoms with Crippen molar-refractivity contribution in [3.8, 4) is 0 Å². The van der Waals surface area contributed by atoms with Gasteiger partial charge in [-0.15, -0.1) is 0 Å². The van der Waals surface area contributed by atoms with Crippen molar-refractivity contribution in [1.82, 2.24) is 0 Å². The van der Waals surface area contributed by atoms with Gasteiger partial charge in [0.15, 0.2) is 0 Å². The fourth-order valence-corrected chi connectivity index (χ4v) is 2.51. The third-order valence-corrected chi connectivity index (χ3v) is 3.71. The standard InChI is InChI=1S/C14H5Cl3/c15-10-5-3-8-1-2-9-4-6-12(16)14(17)13(9)11(8)7-10/h1-4,7H. The van der Waals surface area contributed by atoms with Crippen LogP contribution in [0.3, 0.4) is 0 Å². The molecule has 0 N–H and O–H groups in total. The molecule has 0 aromatic heterocycles. The predicted octanol–water partition coefficient (Wildman–Crippen LogP) is 5.55. The summed E-state index contributed by atoms with van der Waals surface area (Å²) in [6.45, 7) is 0. The van der Waals surface area contributed by atoms with Crippen LogP contribution in [0.5, 0.6) is 0 Å². The van der Waals surface area contributed by atoms with Crippen molar-refractivity contribution in [2.45, 2.75) is 0 Å². The first-order valence-electron chi connectivity index (χ1n) is 4.96. The highest BCUT2D eigenvalue weighted by molar-refractivity contribution is 6.46. The molecule has 0 aliphatic rings. The van der Waals surface area contributed by atoms with Crippen molar-refractivity contribution in [3.05, 3.63) is 57.5 Å². The molecule has 3 rings (SSSR count). The van der Waals surface area contributed by atoms with Crippen molar-refractivity contribution in [2.75, 3.05) is 0 Å². The first kappa shape index (κ1) is 11.2. The molecule has 2 radical (unpaired) electrons. The topological polar surface area (TPSA) is 0 Å². The summed E-state index contributed by atoms with van der Waals surface area (Å²) in [5.74, 6) is 0. The van der Waals surface area contributed by atoms with Crippen LogP contribution in [0, 0.1) is 12.1 Å². The number of fused-ring (bicyclic) bond motifs is 3. The SMILES string of the molecule is Clc1[c]cc2ccc3c[c]c(Cl)c(Cl)c3c2c1. The summed E-state index contributed by atoms with van der Waals surface area (Å²) in [5.41, 5.74) is 0. The highest BCUT2D eigenvalue weighted by Gasteiger charge is 2.08. The molecule has 0 spiro atoms. The molecule has 3 heteroatoms. The van der Waals surface area contributed by atoms with Gasteiger partial charge in [0.2, 0.25) is 0 Å². The van der Waals surface area contributed by atoms with Gasteiger partial charge in [-0.3, -0.25) is 0 Å². The zero-order valence-electron chi connectivity index (χ0n) is 8.52. The third-order valence-electron chi connectivity index (χ3n) is 2.71. The number of hydrogen-bond donors (Lipinski definition) is 0. The molecule has 0 heterocycles. The van der Waals surface area contributed by atoms with E-state index in [1.54, 1.807) is 0 Å². The molecule has 0 nitrogen and oxygen atoms in total. The van der Waals surface area contributed by atoms with E-state index in [1.165, 1.54) is 0 Å². The Morgan fingerprint density at radius 3 is 2.41 bits per heavy atom. The molecule has 0 unspecified atom stereocenters. The average molecular weight is 280 g/mol. The number of hydrogen-bond acceptors (Lipinski definition) is 0. The van der Waals surface area contributed by atoms with Gasteiger partial charge in [-0.2, -0.15) is 0 Å². The molecular formula is C14H5Cl3. The normalized spacial score (nSPS) is 11.2. The van der Waals surface area contributed by atoms with Crippen LogP contribution in [0.15, 0.2) is 30.3 Å². The minimum absolute atomic E-state index is 0.427. The number of benzene rings is 3. The maximum atomic E-state index is 6.24. The lowest BCUT2D eigenvalue weighted by atomic mass is 10.0. The third kappa shape index (κ3) is 1.77. The van der Waals surface area contributed by atoms with E-state index in [2.05, 4.69) is 12.1 Å². The molecule has 17 heavy (non-hydrogen) atoms. The predicted molar refractivity (Wildman–Crippen MR) is 74.2 cm³/mol. The van der Waals surface area contributed by atoms with E-state index in [-0.39, 0.29) is 0 Å². The molecule has 82 valence electrons. The van der Waals surface area contributed by atoms with E-state index >= 15 is 0 Å². The Morgan fingerprint density at radius 2 is 1.59 bits per heavy atom. The van der Waals surface area contributed by atoms with Crippen LogP contribution in [0.25, 0.3) is 21.5 Å². The maximum absolute atomic E-state index is 6.24. The molecule has 0 amide bonds. The van der Waals surface area contributed by atoms with Gasteiger partial charge in [0.1, 0.15) is 0 Å². The molecule has 3 aromatic rings. The first-order valence-corrected chi connectivity index (χ1v) is 6.09. The van der Waals surface area contributed by atoms with Crippen LogP contribution in [0.1, 0.15) is 0 Å². The Hall–Kier alpha value is -0.950. The van der Waals surface area contributed by atoms with Crippen LogP contribution in [-0.4, -0.2) is 0 Å². The molecule has 0 fully saturated rings. The van der Waals surface area contributed by atoms with Crippen LogP contribution >= 0.6 is 34.8 Å². The highest BCUT2D eigenvalue weighted by atomic mass is 35.5. The van der Waals surface area contributed by atoms with Gasteiger partial charge < -0.3 is 0 Å². The Labute approximate surface area is 114 Å². The minimum Gasteiger partial charge on any atom is -0.0836 e. The fraction of sp³-hybridized carbons (Fsp3) is 0. The van der Waals surface area contributed by atoms with Gasteiger partial charge in [-0.1, -0.05) is 46.9 Å². The summed E-state index contributed by atoms with van der Waals surface area (Å²) in [6.07, 6.45) is 0. The summed E-state index contributed by atoms with van der Waals surface area (Å²) < 4.78 is 0. The first-order chi connectivity index (χ1) is 8.16. The lowest BCUT2D eigenvalue weighted by molar-refractivity contribution is 1.74. The minimum atomic E-state index is 0.427. The van der Waals surface area contributed by atoms with Crippen molar-refractivity contribution in [1.29, 1.82) is 0 Å². The van der Waals surface area contributed by atoms with Crippen LogP contribution in [-0.2, 0) is 0 Å². The van der Waals surface area contributed by atoms with E-state index in [9.17, 15) is 0 Å². The van der Waals surface area contributed by atoms with E-state index in [4.69, 9.17) is 34.8 Å². The second-order valence-corrected chi connectivity index (χ2v) is 4.89. The van der Waals surface area contributed by atoms with E-state index in [0.29, 0.717) is 15.1 Å². The Balaban J connectivity index is 2.61. The zero-order chi connectivity index (χ0) is 12.0. The van der Waals surface area contributed by atoms with Crippen LogP contribution in [0.2, 0.25) is 15.1 Å². The van der Waals surface area contributed by atoms with Crippen molar-refractivity contribution in [2.24, 2.45) is 0 Å². The monoisotopic (exact) mass is 278 g/mol. The summed E-state index contributed by atoms with van der Waals surface area (Å²) >= 11 is 18.2. The lowest BCUT2D eigenvalue weighted by Gasteiger charge is -2.07. The van der Waals surface area contributed by atoms with Gasteiger partial charge in [0.05, 0.1) is 10.0 Å². The van der Waals surface area contributed by atoms with Gasteiger partial charge in [-0.05, 0) is 34.4 Å². The van der Waals surface area contributed by atoms with E-state index in [1.807, 2.05) is 30.3 Å². The van der Waals surface area contributed by atoms with Crippen LogP contribution < -0.4 is 0 Å². The molecule has 0 saturated carbocycles. The highest BCUT2D eigenvalue weighted by Crippen LogP contribution is 2.36. The molecular weight excluding hydrogens is 275 g/mol. The Morgan fingerprint density at radius 1 is 0.882 bits per heavy atom. The van der Waals surface area contributed by atoms with Crippen molar-refractivity contribution < 1.29 is 0 Å². The number of halogens is 3. The molecule has 0 aliphatic carbocycles. The van der Waals surface area contributed by atoms with Crippen molar-refractivity contribution >= 4 is 56.3 Å². The summed E-state index contributed by atoms with van der Waals surface area (Å²) in [4.78, 5) is 0. The van der Waals surface area contributed by atoms with E-state index in [0.717, 1.165) is 21.5 Å².